The first-order chi connectivity index (χ1) is 12.5. The normalized spacial score (nSPS) is 19.9. The van der Waals surface area contributed by atoms with Crippen LogP contribution < -0.4 is 15.5 Å². The summed E-state index contributed by atoms with van der Waals surface area (Å²) in [6.07, 6.45) is 3.14. The third-order valence-corrected chi connectivity index (χ3v) is 5.06. The summed E-state index contributed by atoms with van der Waals surface area (Å²) in [5, 5.41) is 7.69. The van der Waals surface area contributed by atoms with Crippen molar-refractivity contribution in [3.05, 3.63) is 53.2 Å². The number of rotatable bonds is 4. The smallest absolute Gasteiger partial charge is 0.171 e. The average Bonchev–Trinajstić information content (AvgIpc) is 2.61. The van der Waals surface area contributed by atoms with Gasteiger partial charge >= 0.3 is 0 Å². The lowest BCUT2D eigenvalue weighted by Crippen LogP contribution is -2.39. The van der Waals surface area contributed by atoms with Gasteiger partial charge in [0.05, 0.1) is 11.9 Å². The Morgan fingerprint density at radius 2 is 1.85 bits per heavy atom. The summed E-state index contributed by atoms with van der Waals surface area (Å²) in [5.74, 6) is 2.46. The molecule has 0 aliphatic carbocycles. The van der Waals surface area contributed by atoms with Crippen LogP contribution in [0.2, 0.25) is 5.02 Å². The molecule has 0 saturated carbocycles. The maximum absolute atomic E-state index is 5.90. The number of nitrogens with zero attached hydrogens (tertiary/aromatic N) is 2. The summed E-state index contributed by atoms with van der Waals surface area (Å²) in [6, 6.07) is 11.8. The van der Waals surface area contributed by atoms with Crippen LogP contribution in [0.15, 0.2) is 42.6 Å². The number of anilines is 2. The molecule has 0 amide bonds. The topological polar surface area (TPSA) is 40.2 Å². The molecule has 2 N–H and O–H groups in total. The summed E-state index contributed by atoms with van der Waals surface area (Å²) in [7, 11) is 0. The number of benzene rings is 1. The van der Waals surface area contributed by atoms with Crippen LogP contribution >= 0.6 is 23.8 Å². The summed E-state index contributed by atoms with van der Waals surface area (Å²) in [5.41, 5.74) is 2.01. The average molecular weight is 389 g/mol. The molecular formula is C20H25ClN4S. The van der Waals surface area contributed by atoms with Gasteiger partial charge in [0.25, 0.3) is 0 Å². The van der Waals surface area contributed by atoms with Crippen LogP contribution in [0.5, 0.6) is 0 Å². The predicted octanol–water partition coefficient (Wildman–Crippen LogP) is 4.70. The molecule has 6 heteroatoms. The number of pyridine rings is 1. The van der Waals surface area contributed by atoms with Crippen molar-refractivity contribution in [3.63, 3.8) is 0 Å². The zero-order valence-corrected chi connectivity index (χ0v) is 16.8. The number of aromatic nitrogens is 1. The highest BCUT2D eigenvalue weighted by Gasteiger charge is 2.22. The molecule has 2 unspecified atom stereocenters. The van der Waals surface area contributed by atoms with Crippen molar-refractivity contribution < 1.29 is 0 Å². The van der Waals surface area contributed by atoms with E-state index in [1.165, 1.54) is 6.42 Å². The second-order valence-corrected chi connectivity index (χ2v) is 8.03. The zero-order chi connectivity index (χ0) is 18.5. The highest BCUT2D eigenvalue weighted by Crippen LogP contribution is 2.25. The van der Waals surface area contributed by atoms with E-state index in [0.717, 1.165) is 35.2 Å². The summed E-state index contributed by atoms with van der Waals surface area (Å²) < 4.78 is 0. The van der Waals surface area contributed by atoms with Crippen molar-refractivity contribution >= 4 is 40.4 Å². The van der Waals surface area contributed by atoms with Gasteiger partial charge in [-0.1, -0.05) is 37.6 Å². The Balaban J connectivity index is 1.52. The van der Waals surface area contributed by atoms with Gasteiger partial charge in [-0.15, -0.1) is 0 Å². The van der Waals surface area contributed by atoms with Crippen LogP contribution in [-0.2, 0) is 6.54 Å². The van der Waals surface area contributed by atoms with Crippen LogP contribution in [0.25, 0.3) is 0 Å². The number of hydrogen-bond acceptors (Lipinski definition) is 3. The lowest BCUT2D eigenvalue weighted by molar-refractivity contribution is 0.355. The van der Waals surface area contributed by atoms with Gasteiger partial charge < -0.3 is 15.5 Å². The molecular weight excluding hydrogens is 364 g/mol. The van der Waals surface area contributed by atoms with E-state index in [0.29, 0.717) is 23.5 Å². The van der Waals surface area contributed by atoms with Crippen molar-refractivity contribution in [2.45, 2.75) is 26.8 Å². The zero-order valence-electron chi connectivity index (χ0n) is 15.2. The number of thiocarbonyl (C=S) groups is 1. The van der Waals surface area contributed by atoms with Crippen LogP contribution in [0.4, 0.5) is 11.5 Å². The minimum absolute atomic E-state index is 0.578. The van der Waals surface area contributed by atoms with E-state index >= 15 is 0 Å². The molecule has 4 nitrogen and oxygen atoms in total. The van der Waals surface area contributed by atoms with Crippen molar-refractivity contribution in [2.75, 3.05) is 23.3 Å². The van der Waals surface area contributed by atoms with Crippen LogP contribution in [0.1, 0.15) is 25.8 Å². The molecule has 1 saturated heterocycles. The molecule has 1 aromatic carbocycles. The molecule has 1 aromatic heterocycles. The Kier molecular flexibility index (Phi) is 6.33. The molecule has 2 atom stereocenters. The van der Waals surface area contributed by atoms with E-state index in [1.807, 2.05) is 36.5 Å². The van der Waals surface area contributed by atoms with Gasteiger partial charge in [-0.2, -0.15) is 0 Å². The third kappa shape index (κ3) is 5.32. The quantitative estimate of drug-likeness (QED) is 0.742. The predicted molar refractivity (Wildman–Crippen MR) is 114 cm³/mol. The fourth-order valence-electron chi connectivity index (χ4n) is 3.46. The minimum Gasteiger partial charge on any atom is -0.358 e. The highest BCUT2D eigenvalue weighted by molar-refractivity contribution is 7.80. The first-order valence-electron chi connectivity index (χ1n) is 9.00. The van der Waals surface area contributed by atoms with E-state index in [1.54, 1.807) is 0 Å². The second kappa shape index (κ2) is 8.69. The van der Waals surface area contributed by atoms with Gasteiger partial charge in [-0.3, -0.25) is 0 Å². The summed E-state index contributed by atoms with van der Waals surface area (Å²) in [4.78, 5) is 6.99. The summed E-state index contributed by atoms with van der Waals surface area (Å²) in [6.45, 7) is 7.42. The van der Waals surface area contributed by atoms with Crippen molar-refractivity contribution in [3.8, 4) is 0 Å². The van der Waals surface area contributed by atoms with Crippen LogP contribution in [0.3, 0.4) is 0 Å². The molecule has 1 aliphatic heterocycles. The van der Waals surface area contributed by atoms with Gasteiger partial charge in [0.15, 0.2) is 5.11 Å². The van der Waals surface area contributed by atoms with Crippen molar-refractivity contribution in [1.29, 1.82) is 0 Å². The Labute approximate surface area is 166 Å². The Morgan fingerprint density at radius 1 is 1.15 bits per heavy atom. The maximum Gasteiger partial charge on any atom is 0.171 e. The van der Waals surface area contributed by atoms with Gasteiger partial charge in [0.1, 0.15) is 5.82 Å². The number of piperidine rings is 1. The Bertz CT molecular complexity index is 722. The molecule has 0 spiro atoms. The molecule has 0 radical (unpaired) electrons. The standard InChI is InChI=1S/C20H25ClN4S/c1-14-9-15(2)13-25(12-14)19-8-7-18(11-22-19)24-20(26)23-10-16-3-5-17(21)6-4-16/h3-8,11,14-15H,9-10,12-13H2,1-2H3,(H2,23,24,26). The van der Waals surface area contributed by atoms with E-state index in [2.05, 4.69) is 40.4 Å². The first kappa shape index (κ1) is 18.9. The maximum atomic E-state index is 5.90. The van der Waals surface area contributed by atoms with E-state index in [9.17, 15) is 0 Å². The first-order valence-corrected chi connectivity index (χ1v) is 9.78. The van der Waals surface area contributed by atoms with Crippen LogP contribution in [0, 0.1) is 11.8 Å². The fourth-order valence-corrected chi connectivity index (χ4v) is 3.77. The summed E-state index contributed by atoms with van der Waals surface area (Å²) >= 11 is 11.3. The largest absolute Gasteiger partial charge is 0.358 e. The number of halogens is 1. The van der Waals surface area contributed by atoms with E-state index in [4.69, 9.17) is 23.8 Å². The second-order valence-electron chi connectivity index (χ2n) is 7.19. The van der Waals surface area contributed by atoms with Crippen LogP contribution in [-0.4, -0.2) is 23.2 Å². The van der Waals surface area contributed by atoms with Gasteiger partial charge in [-0.25, -0.2) is 4.98 Å². The molecule has 2 aromatic rings. The molecule has 1 fully saturated rings. The monoisotopic (exact) mass is 388 g/mol. The van der Waals surface area contributed by atoms with Gasteiger partial charge in [0.2, 0.25) is 0 Å². The highest BCUT2D eigenvalue weighted by atomic mass is 35.5. The number of hydrogen-bond donors (Lipinski definition) is 2. The van der Waals surface area contributed by atoms with E-state index in [-0.39, 0.29) is 0 Å². The number of nitrogens with one attached hydrogen (secondary N) is 2. The third-order valence-electron chi connectivity index (χ3n) is 4.56. The van der Waals surface area contributed by atoms with Crippen molar-refractivity contribution in [1.82, 2.24) is 10.3 Å². The fraction of sp³-hybridized carbons (Fsp3) is 0.400. The SMILES string of the molecule is CC1CC(C)CN(c2ccc(NC(=S)NCc3ccc(Cl)cc3)cn2)C1. The molecule has 2 heterocycles. The van der Waals surface area contributed by atoms with Crippen molar-refractivity contribution in [2.24, 2.45) is 11.8 Å². The minimum atomic E-state index is 0.578. The van der Waals surface area contributed by atoms with Gasteiger partial charge in [0, 0.05) is 24.7 Å². The molecule has 138 valence electrons. The lowest BCUT2D eigenvalue weighted by atomic mass is 9.92. The Morgan fingerprint density at radius 3 is 2.46 bits per heavy atom. The van der Waals surface area contributed by atoms with Gasteiger partial charge in [-0.05, 0) is 60.3 Å². The Hall–Kier alpha value is -1.85. The molecule has 0 bridgehead atoms. The molecule has 3 rings (SSSR count). The lowest BCUT2D eigenvalue weighted by Gasteiger charge is -2.35. The van der Waals surface area contributed by atoms with E-state index < -0.39 is 0 Å². The molecule has 1 aliphatic rings. The molecule has 26 heavy (non-hydrogen) atoms.